The molecule has 1 heterocycles. The zero-order chi connectivity index (χ0) is 14.8. The summed E-state index contributed by atoms with van der Waals surface area (Å²) in [5, 5.41) is 5.57. The fraction of sp³-hybridized carbons (Fsp3) is 0.500. The SMILES string of the molecule is CC1(C)CNCCN1CC(=O)Nc1c(F)cccc1F. The molecule has 0 spiro atoms. The smallest absolute Gasteiger partial charge is 0.238 e. The summed E-state index contributed by atoms with van der Waals surface area (Å²) in [6.45, 7) is 6.45. The van der Waals surface area contributed by atoms with Crippen molar-refractivity contribution in [3.63, 3.8) is 0 Å². The maximum absolute atomic E-state index is 13.5. The minimum atomic E-state index is -0.766. The van der Waals surface area contributed by atoms with Crippen LogP contribution in [0.5, 0.6) is 0 Å². The molecule has 0 bridgehead atoms. The van der Waals surface area contributed by atoms with Crippen molar-refractivity contribution >= 4 is 11.6 Å². The molecule has 6 heteroatoms. The van der Waals surface area contributed by atoms with Gasteiger partial charge in [-0.25, -0.2) is 8.78 Å². The van der Waals surface area contributed by atoms with E-state index in [-0.39, 0.29) is 17.8 Å². The Labute approximate surface area is 117 Å². The van der Waals surface area contributed by atoms with Crippen molar-refractivity contribution in [3.05, 3.63) is 29.8 Å². The maximum Gasteiger partial charge on any atom is 0.238 e. The molecule has 2 N–H and O–H groups in total. The Morgan fingerprint density at radius 2 is 2.05 bits per heavy atom. The van der Waals surface area contributed by atoms with Crippen molar-refractivity contribution in [2.75, 3.05) is 31.5 Å². The van der Waals surface area contributed by atoms with Crippen LogP contribution >= 0.6 is 0 Å². The van der Waals surface area contributed by atoms with E-state index >= 15 is 0 Å². The Morgan fingerprint density at radius 1 is 1.40 bits per heavy atom. The first-order valence-corrected chi connectivity index (χ1v) is 6.60. The van der Waals surface area contributed by atoms with E-state index in [1.807, 2.05) is 18.7 Å². The molecule has 110 valence electrons. The van der Waals surface area contributed by atoms with Crippen molar-refractivity contribution in [3.8, 4) is 0 Å². The van der Waals surface area contributed by atoms with Gasteiger partial charge < -0.3 is 10.6 Å². The summed E-state index contributed by atoms with van der Waals surface area (Å²) in [4.78, 5) is 14.0. The molecule has 0 radical (unpaired) electrons. The third-order valence-electron chi connectivity index (χ3n) is 3.53. The van der Waals surface area contributed by atoms with Crippen LogP contribution in [0, 0.1) is 11.6 Å². The molecule has 0 aromatic heterocycles. The number of halogens is 2. The largest absolute Gasteiger partial charge is 0.320 e. The minimum absolute atomic E-state index is 0.114. The van der Waals surface area contributed by atoms with E-state index in [4.69, 9.17) is 0 Å². The molecule has 4 nitrogen and oxygen atoms in total. The summed E-state index contributed by atoms with van der Waals surface area (Å²) in [6, 6.07) is 3.50. The van der Waals surface area contributed by atoms with Gasteiger partial charge >= 0.3 is 0 Å². The second kappa shape index (κ2) is 5.85. The molecule has 1 aliphatic rings. The second-order valence-corrected chi connectivity index (χ2v) is 5.56. The molecule has 1 aromatic rings. The molecule has 1 saturated heterocycles. The predicted octanol–water partition coefficient (Wildman–Crippen LogP) is 1.59. The van der Waals surface area contributed by atoms with Crippen molar-refractivity contribution in [1.82, 2.24) is 10.2 Å². The van der Waals surface area contributed by atoms with Gasteiger partial charge in [-0.3, -0.25) is 9.69 Å². The highest BCUT2D eigenvalue weighted by molar-refractivity contribution is 5.92. The number of nitrogens with one attached hydrogen (secondary N) is 2. The Kier molecular flexibility index (Phi) is 4.35. The van der Waals surface area contributed by atoms with Crippen LogP contribution < -0.4 is 10.6 Å². The van der Waals surface area contributed by atoms with Crippen LogP contribution in [0.2, 0.25) is 0 Å². The molecular weight excluding hydrogens is 264 g/mol. The first-order chi connectivity index (χ1) is 9.40. The Bertz CT molecular complexity index is 485. The van der Waals surface area contributed by atoms with Gasteiger partial charge in [-0.1, -0.05) is 6.07 Å². The van der Waals surface area contributed by atoms with E-state index in [2.05, 4.69) is 10.6 Å². The molecule has 0 atom stereocenters. The van der Waals surface area contributed by atoms with E-state index in [0.29, 0.717) is 0 Å². The monoisotopic (exact) mass is 283 g/mol. The van der Waals surface area contributed by atoms with Gasteiger partial charge in [-0.15, -0.1) is 0 Å². The standard InChI is InChI=1S/C14H19F2N3O/c1-14(2)9-17-6-7-19(14)8-12(20)18-13-10(15)4-3-5-11(13)16/h3-5,17H,6-9H2,1-2H3,(H,18,20). The number of benzene rings is 1. The zero-order valence-corrected chi connectivity index (χ0v) is 11.7. The summed E-state index contributed by atoms with van der Waals surface area (Å²) in [5.41, 5.74) is -0.547. The highest BCUT2D eigenvalue weighted by Gasteiger charge is 2.31. The van der Waals surface area contributed by atoms with Gasteiger partial charge in [0.2, 0.25) is 5.91 Å². The van der Waals surface area contributed by atoms with Crippen LogP contribution in [0.1, 0.15) is 13.8 Å². The molecule has 0 aliphatic carbocycles. The summed E-state index contributed by atoms with van der Waals surface area (Å²) in [7, 11) is 0. The number of hydrogen-bond donors (Lipinski definition) is 2. The van der Waals surface area contributed by atoms with E-state index in [9.17, 15) is 13.6 Å². The lowest BCUT2D eigenvalue weighted by Gasteiger charge is -2.42. The van der Waals surface area contributed by atoms with Gasteiger partial charge in [0.15, 0.2) is 0 Å². The van der Waals surface area contributed by atoms with Crippen molar-refractivity contribution in [2.45, 2.75) is 19.4 Å². The summed E-state index contributed by atoms with van der Waals surface area (Å²) >= 11 is 0. The summed E-state index contributed by atoms with van der Waals surface area (Å²) in [6.07, 6.45) is 0. The number of rotatable bonds is 3. The predicted molar refractivity (Wildman–Crippen MR) is 73.5 cm³/mol. The van der Waals surface area contributed by atoms with E-state index in [1.54, 1.807) is 0 Å². The first-order valence-electron chi connectivity index (χ1n) is 6.60. The van der Waals surface area contributed by atoms with Crippen LogP contribution in [0.4, 0.5) is 14.5 Å². The van der Waals surface area contributed by atoms with E-state index in [1.165, 1.54) is 6.07 Å². The van der Waals surface area contributed by atoms with E-state index < -0.39 is 17.5 Å². The summed E-state index contributed by atoms with van der Waals surface area (Å²) in [5.74, 6) is -1.94. The number of carbonyl (C=O) groups excluding carboxylic acids is 1. The maximum atomic E-state index is 13.5. The number of nitrogens with zero attached hydrogens (tertiary/aromatic N) is 1. The number of anilines is 1. The van der Waals surface area contributed by atoms with Crippen LogP contribution in [0.3, 0.4) is 0 Å². The molecule has 2 rings (SSSR count). The lowest BCUT2D eigenvalue weighted by Crippen LogP contribution is -2.59. The summed E-state index contributed by atoms with van der Waals surface area (Å²) < 4.78 is 26.9. The molecule has 1 aliphatic heterocycles. The average molecular weight is 283 g/mol. The normalized spacial score (nSPS) is 18.8. The van der Waals surface area contributed by atoms with Gasteiger partial charge in [-0.2, -0.15) is 0 Å². The number of carbonyl (C=O) groups is 1. The molecule has 0 unspecified atom stereocenters. The highest BCUT2D eigenvalue weighted by atomic mass is 19.1. The Morgan fingerprint density at radius 3 is 2.65 bits per heavy atom. The molecular formula is C14H19F2N3O. The molecule has 0 saturated carbocycles. The molecule has 1 fully saturated rings. The van der Waals surface area contributed by atoms with Crippen LogP contribution in [-0.4, -0.2) is 42.5 Å². The van der Waals surface area contributed by atoms with Crippen LogP contribution in [0.25, 0.3) is 0 Å². The second-order valence-electron chi connectivity index (χ2n) is 5.56. The molecule has 20 heavy (non-hydrogen) atoms. The third kappa shape index (κ3) is 3.32. The van der Waals surface area contributed by atoms with Crippen molar-refractivity contribution < 1.29 is 13.6 Å². The van der Waals surface area contributed by atoms with Gasteiger partial charge in [0.05, 0.1) is 6.54 Å². The van der Waals surface area contributed by atoms with Crippen molar-refractivity contribution in [1.29, 1.82) is 0 Å². The Balaban J connectivity index is 2.02. The van der Waals surface area contributed by atoms with Gasteiger partial charge in [0.25, 0.3) is 0 Å². The lowest BCUT2D eigenvalue weighted by atomic mass is 10.0. The average Bonchev–Trinajstić information content (AvgIpc) is 2.36. The Hall–Kier alpha value is -1.53. The van der Waals surface area contributed by atoms with Gasteiger partial charge in [-0.05, 0) is 26.0 Å². The number of para-hydroxylation sites is 1. The van der Waals surface area contributed by atoms with E-state index in [0.717, 1.165) is 31.8 Å². The minimum Gasteiger partial charge on any atom is -0.320 e. The third-order valence-corrected chi connectivity index (χ3v) is 3.53. The number of amides is 1. The van der Waals surface area contributed by atoms with Gasteiger partial charge in [0.1, 0.15) is 17.3 Å². The molecule has 1 amide bonds. The van der Waals surface area contributed by atoms with Crippen LogP contribution in [-0.2, 0) is 4.79 Å². The zero-order valence-electron chi connectivity index (χ0n) is 11.7. The highest BCUT2D eigenvalue weighted by Crippen LogP contribution is 2.19. The van der Waals surface area contributed by atoms with Gasteiger partial charge in [0, 0.05) is 25.2 Å². The first kappa shape index (κ1) is 14.9. The quantitative estimate of drug-likeness (QED) is 0.885. The molecule has 1 aromatic carbocycles. The fourth-order valence-corrected chi connectivity index (χ4v) is 2.29. The number of hydrogen-bond acceptors (Lipinski definition) is 3. The fourth-order valence-electron chi connectivity index (χ4n) is 2.29. The van der Waals surface area contributed by atoms with Crippen LogP contribution in [0.15, 0.2) is 18.2 Å². The lowest BCUT2D eigenvalue weighted by molar-refractivity contribution is -0.119. The van der Waals surface area contributed by atoms with Crippen molar-refractivity contribution in [2.24, 2.45) is 0 Å². The number of piperazine rings is 1. The topological polar surface area (TPSA) is 44.4 Å².